The minimum absolute atomic E-state index is 0.0407. The van der Waals surface area contributed by atoms with Gasteiger partial charge in [0.2, 0.25) is 5.91 Å². The van der Waals surface area contributed by atoms with Crippen molar-refractivity contribution in [1.29, 1.82) is 5.26 Å². The number of ether oxygens (including phenoxy) is 1. The molecule has 0 aliphatic carbocycles. The summed E-state index contributed by atoms with van der Waals surface area (Å²) in [5, 5.41) is 11.4. The minimum atomic E-state index is -0.498. The van der Waals surface area contributed by atoms with Gasteiger partial charge < -0.3 is 15.8 Å². The van der Waals surface area contributed by atoms with Gasteiger partial charge in [0.15, 0.2) is 0 Å². The van der Waals surface area contributed by atoms with Gasteiger partial charge in [0.05, 0.1) is 17.9 Å². The van der Waals surface area contributed by atoms with Crippen LogP contribution in [0.2, 0.25) is 0 Å². The van der Waals surface area contributed by atoms with Crippen LogP contribution in [-0.4, -0.2) is 31.7 Å². The van der Waals surface area contributed by atoms with Gasteiger partial charge in [-0.2, -0.15) is 5.26 Å². The molecule has 0 aromatic rings. The fourth-order valence-electron chi connectivity index (χ4n) is 1.85. The molecule has 5 heteroatoms. The molecular weight excluding hydrogens is 206 g/mol. The first-order chi connectivity index (χ1) is 7.64. The molecule has 1 fully saturated rings. The van der Waals surface area contributed by atoms with Crippen LogP contribution < -0.4 is 11.1 Å². The first-order valence-electron chi connectivity index (χ1n) is 5.60. The van der Waals surface area contributed by atoms with Gasteiger partial charge >= 0.3 is 0 Å². The average molecular weight is 225 g/mol. The number of nitriles is 1. The Kier molecular flexibility index (Phi) is 4.71. The monoisotopic (exact) mass is 225 g/mol. The molecule has 1 heterocycles. The van der Waals surface area contributed by atoms with Crippen LogP contribution in [-0.2, 0) is 9.53 Å². The maximum absolute atomic E-state index is 12.1. The highest BCUT2D eigenvalue weighted by molar-refractivity contribution is 5.83. The Morgan fingerprint density at radius 3 is 2.75 bits per heavy atom. The van der Waals surface area contributed by atoms with Crippen molar-refractivity contribution >= 4 is 5.91 Å². The van der Waals surface area contributed by atoms with Crippen molar-refractivity contribution in [2.24, 2.45) is 11.1 Å². The highest BCUT2D eigenvalue weighted by Gasteiger charge is 2.39. The molecule has 1 unspecified atom stereocenters. The van der Waals surface area contributed by atoms with E-state index in [-0.39, 0.29) is 11.9 Å². The Bertz CT molecular complexity index is 279. The van der Waals surface area contributed by atoms with Crippen LogP contribution >= 0.6 is 0 Å². The highest BCUT2D eigenvalue weighted by atomic mass is 16.5. The number of hydrogen-bond donors (Lipinski definition) is 2. The molecule has 0 spiro atoms. The van der Waals surface area contributed by atoms with Crippen molar-refractivity contribution in [3.05, 3.63) is 0 Å². The maximum atomic E-state index is 12.1. The van der Waals surface area contributed by atoms with E-state index in [1.54, 1.807) is 0 Å². The summed E-state index contributed by atoms with van der Waals surface area (Å²) in [4.78, 5) is 12.1. The Labute approximate surface area is 95.9 Å². The third kappa shape index (κ3) is 2.94. The molecule has 16 heavy (non-hydrogen) atoms. The number of hydrogen-bond acceptors (Lipinski definition) is 4. The Morgan fingerprint density at radius 2 is 2.25 bits per heavy atom. The third-order valence-corrected chi connectivity index (χ3v) is 3.10. The van der Waals surface area contributed by atoms with Gasteiger partial charge in [0.1, 0.15) is 0 Å². The molecular formula is C11H19N3O2. The number of carbonyl (C=O) groups excluding carboxylic acids is 1. The van der Waals surface area contributed by atoms with Crippen LogP contribution in [0.25, 0.3) is 0 Å². The molecule has 1 aliphatic rings. The fraction of sp³-hybridized carbons (Fsp3) is 0.818. The number of nitrogens with one attached hydrogen (secondary N) is 1. The van der Waals surface area contributed by atoms with Crippen LogP contribution in [0, 0.1) is 16.7 Å². The first-order valence-corrected chi connectivity index (χ1v) is 5.60. The van der Waals surface area contributed by atoms with E-state index in [0.29, 0.717) is 39.0 Å². The number of amides is 1. The van der Waals surface area contributed by atoms with E-state index in [1.165, 1.54) is 0 Å². The van der Waals surface area contributed by atoms with Crippen molar-refractivity contribution in [2.75, 3.05) is 19.8 Å². The van der Waals surface area contributed by atoms with Crippen molar-refractivity contribution in [3.63, 3.8) is 0 Å². The van der Waals surface area contributed by atoms with Crippen LogP contribution in [0.15, 0.2) is 0 Å². The SMILES string of the molecule is CC(CC#N)NC(=O)C1(CN)CCOCC1. The zero-order valence-electron chi connectivity index (χ0n) is 9.66. The van der Waals surface area contributed by atoms with E-state index < -0.39 is 5.41 Å². The molecule has 0 radical (unpaired) electrons. The predicted molar refractivity (Wildman–Crippen MR) is 59.4 cm³/mol. The van der Waals surface area contributed by atoms with Gasteiger partial charge in [-0.3, -0.25) is 4.79 Å². The van der Waals surface area contributed by atoms with E-state index in [9.17, 15) is 4.79 Å². The quantitative estimate of drug-likeness (QED) is 0.713. The third-order valence-electron chi connectivity index (χ3n) is 3.10. The summed E-state index contributed by atoms with van der Waals surface area (Å²) < 4.78 is 5.24. The van der Waals surface area contributed by atoms with E-state index in [1.807, 2.05) is 13.0 Å². The van der Waals surface area contributed by atoms with Crippen LogP contribution in [0.4, 0.5) is 0 Å². The summed E-state index contributed by atoms with van der Waals surface area (Å²) in [5.41, 5.74) is 5.21. The molecule has 0 saturated carbocycles. The molecule has 0 bridgehead atoms. The fourth-order valence-corrected chi connectivity index (χ4v) is 1.85. The second-order valence-corrected chi connectivity index (χ2v) is 4.33. The van der Waals surface area contributed by atoms with Crippen LogP contribution in [0.3, 0.4) is 0 Å². The van der Waals surface area contributed by atoms with E-state index >= 15 is 0 Å². The van der Waals surface area contributed by atoms with Gasteiger partial charge in [-0.1, -0.05) is 0 Å². The summed E-state index contributed by atoms with van der Waals surface area (Å²) in [6.45, 7) is 3.32. The zero-order valence-corrected chi connectivity index (χ0v) is 9.66. The lowest BCUT2D eigenvalue weighted by molar-refractivity contribution is -0.136. The van der Waals surface area contributed by atoms with Gasteiger partial charge in [-0.25, -0.2) is 0 Å². The van der Waals surface area contributed by atoms with Crippen LogP contribution in [0.1, 0.15) is 26.2 Å². The Morgan fingerprint density at radius 1 is 1.62 bits per heavy atom. The van der Waals surface area contributed by atoms with Gasteiger partial charge in [0, 0.05) is 25.8 Å². The molecule has 1 amide bonds. The lowest BCUT2D eigenvalue weighted by Crippen LogP contribution is -2.51. The number of nitrogens with two attached hydrogens (primary N) is 1. The normalized spacial score (nSPS) is 20.8. The van der Waals surface area contributed by atoms with Gasteiger partial charge in [-0.05, 0) is 19.8 Å². The van der Waals surface area contributed by atoms with Gasteiger partial charge in [-0.15, -0.1) is 0 Å². The number of nitrogens with zero attached hydrogens (tertiary/aromatic N) is 1. The molecule has 1 atom stereocenters. The molecule has 3 N–H and O–H groups in total. The lowest BCUT2D eigenvalue weighted by atomic mass is 9.79. The molecule has 5 nitrogen and oxygen atoms in total. The van der Waals surface area contributed by atoms with E-state index in [0.717, 1.165) is 0 Å². The lowest BCUT2D eigenvalue weighted by Gasteiger charge is -2.35. The van der Waals surface area contributed by atoms with Crippen molar-refractivity contribution in [2.45, 2.75) is 32.2 Å². The molecule has 0 aromatic heterocycles. The van der Waals surface area contributed by atoms with E-state index in [2.05, 4.69) is 5.32 Å². The van der Waals surface area contributed by atoms with Crippen molar-refractivity contribution in [1.82, 2.24) is 5.32 Å². The van der Waals surface area contributed by atoms with Gasteiger partial charge in [0.25, 0.3) is 0 Å². The zero-order chi connectivity index (χ0) is 12.0. The Balaban J connectivity index is 2.58. The number of rotatable bonds is 4. The largest absolute Gasteiger partial charge is 0.381 e. The molecule has 1 saturated heterocycles. The van der Waals surface area contributed by atoms with Crippen molar-refractivity contribution in [3.8, 4) is 6.07 Å². The second-order valence-electron chi connectivity index (χ2n) is 4.33. The van der Waals surface area contributed by atoms with Crippen LogP contribution in [0.5, 0.6) is 0 Å². The summed E-state index contributed by atoms with van der Waals surface area (Å²) >= 11 is 0. The molecule has 0 aromatic carbocycles. The molecule has 1 aliphatic heterocycles. The predicted octanol–water partition coefficient (Wildman–Crippen LogP) is 0.160. The summed E-state index contributed by atoms with van der Waals surface area (Å²) in [6.07, 6.45) is 1.64. The molecule has 1 rings (SSSR count). The first kappa shape index (κ1) is 12.9. The smallest absolute Gasteiger partial charge is 0.227 e. The summed E-state index contributed by atoms with van der Waals surface area (Å²) in [5.74, 6) is -0.0407. The molecule has 90 valence electrons. The van der Waals surface area contributed by atoms with E-state index in [4.69, 9.17) is 15.7 Å². The highest BCUT2D eigenvalue weighted by Crippen LogP contribution is 2.29. The number of carbonyl (C=O) groups is 1. The topological polar surface area (TPSA) is 88.1 Å². The average Bonchev–Trinajstić information content (AvgIpc) is 2.30. The summed E-state index contributed by atoms with van der Waals surface area (Å²) in [6, 6.07) is 1.91. The maximum Gasteiger partial charge on any atom is 0.227 e. The second kappa shape index (κ2) is 5.83. The van der Waals surface area contributed by atoms with Crippen molar-refractivity contribution < 1.29 is 9.53 Å². The minimum Gasteiger partial charge on any atom is -0.381 e. The standard InChI is InChI=1S/C11H19N3O2/c1-9(2-5-12)14-10(15)11(8-13)3-6-16-7-4-11/h9H,2-4,6-8,13H2,1H3,(H,14,15). The Hall–Kier alpha value is -1.12. The summed E-state index contributed by atoms with van der Waals surface area (Å²) in [7, 11) is 0.